The van der Waals surface area contributed by atoms with Gasteiger partial charge in [-0.15, -0.1) is 0 Å². The molecule has 0 atom stereocenters. The summed E-state index contributed by atoms with van der Waals surface area (Å²) in [6.45, 7) is 4.01. The second-order valence-corrected chi connectivity index (χ2v) is 4.37. The monoisotopic (exact) mass is 256 g/mol. The molecule has 0 N–H and O–H groups in total. The second-order valence-electron chi connectivity index (χ2n) is 4.37. The molecule has 0 fully saturated rings. The van der Waals surface area contributed by atoms with Crippen LogP contribution in [0.25, 0.3) is 10.9 Å². The Morgan fingerprint density at radius 1 is 1.26 bits per heavy atom. The van der Waals surface area contributed by atoms with Crippen molar-refractivity contribution in [1.82, 2.24) is 19.9 Å². The van der Waals surface area contributed by atoms with Crippen molar-refractivity contribution in [2.24, 2.45) is 0 Å². The lowest BCUT2D eigenvalue weighted by molar-refractivity contribution is 0.405. The van der Waals surface area contributed by atoms with Gasteiger partial charge in [-0.3, -0.25) is 9.78 Å². The molecule has 0 spiro atoms. The van der Waals surface area contributed by atoms with Crippen molar-refractivity contribution in [2.75, 3.05) is 0 Å². The van der Waals surface area contributed by atoms with E-state index >= 15 is 0 Å². The molecule has 96 valence electrons. The molecule has 3 aromatic rings. The molecule has 0 saturated heterocycles. The van der Waals surface area contributed by atoms with E-state index in [-0.39, 0.29) is 5.56 Å². The highest BCUT2D eigenvalue weighted by atomic mass is 16.5. The number of rotatable bonds is 2. The maximum atomic E-state index is 12.3. The fourth-order valence-electron chi connectivity index (χ4n) is 2.11. The zero-order valence-corrected chi connectivity index (χ0v) is 10.6. The largest absolute Gasteiger partial charge is 0.360 e. The van der Waals surface area contributed by atoms with Crippen LogP contribution in [-0.4, -0.2) is 19.9 Å². The van der Waals surface area contributed by atoms with Crippen molar-refractivity contribution in [3.8, 4) is 0 Å². The third-order valence-electron chi connectivity index (χ3n) is 3.01. The van der Waals surface area contributed by atoms with Gasteiger partial charge < -0.3 is 4.52 Å². The molecule has 6 nitrogen and oxygen atoms in total. The molecular formula is C13H12N4O2. The first-order chi connectivity index (χ1) is 9.16. The smallest absolute Gasteiger partial charge is 0.297 e. The molecule has 0 aromatic carbocycles. The first-order valence-electron chi connectivity index (χ1n) is 5.89. The van der Waals surface area contributed by atoms with E-state index in [1.54, 1.807) is 19.3 Å². The summed E-state index contributed by atoms with van der Waals surface area (Å²) < 4.78 is 6.47. The Hall–Kier alpha value is -2.50. The number of aryl methyl sites for hydroxylation is 2. The minimum absolute atomic E-state index is 0.241. The van der Waals surface area contributed by atoms with Crippen LogP contribution < -0.4 is 5.56 Å². The quantitative estimate of drug-likeness (QED) is 0.693. The molecular weight excluding hydrogens is 244 g/mol. The summed E-state index contributed by atoms with van der Waals surface area (Å²) in [6.07, 6.45) is 3.37. The number of fused-ring (bicyclic) bond motifs is 1. The van der Waals surface area contributed by atoms with E-state index in [9.17, 15) is 4.79 Å². The molecule has 19 heavy (non-hydrogen) atoms. The van der Waals surface area contributed by atoms with Gasteiger partial charge in [-0.1, -0.05) is 5.16 Å². The van der Waals surface area contributed by atoms with Crippen molar-refractivity contribution >= 4 is 10.9 Å². The van der Waals surface area contributed by atoms with Crippen LogP contribution in [0.1, 0.15) is 17.0 Å². The predicted molar refractivity (Wildman–Crippen MR) is 68.9 cm³/mol. The highest BCUT2D eigenvalue weighted by Crippen LogP contribution is 2.16. The summed E-state index contributed by atoms with van der Waals surface area (Å²) in [5, 5.41) is 8.84. The molecule has 0 unspecified atom stereocenters. The minimum Gasteiger partial charge on any atom is -0.360 e. The van der Waals surface area contributed by atoms with E-state index < -0.39 is 0 Å². The maximum absolute atomic E-state index is 12.3. The van der Waals surface area contributed by atoms with E-state index in [4.69, 9.17) is 4.52 Å². The van der Waals surface area contributed by atoms with Gasteiger partial charge in [-0.2, -0.15) is 5.10 Å². The van der Waals surface area contributed by atoms with E-state index in [1.807, 2.05) is 19.1 Å². The Labute approximate surface area is 108 Å². The summed E-state index contributed by atoms with van der Waals surface area (Å²) >= 11 is 0. The molecule has 6 heteroatoms. The summed E-state index contributed by atoms with van der Waals surface area (Å²) in [7, 11) is 0. The topological polar surface area (TPSA) is 73.8 Å². The van der Waals surface area contributed by atoms with Gasteiger partial charge >= 0.3 is 0 Å². The highest BCUT2D eigenvalue weighted by Gasteiger charge is 2.14. The Bertz CT molecular complexity index is 790. The van der Waals surface area contributed by atoms with Crippen molar-refractivity contribution < 1.29 is 4.52 Å². The van der Waals surface area contributed by atoms with Gasteiger partial charge in [-0.25, -0.2) is 4.68 Å². The third-order valence-corrected chi connectivity index (χ3v) is 3.01. The van der Waals surface area contributed by atoms with E-state index in [1.165, 1.54) is 4.68 Å². The molecule has 0 radical (unpaired) electrons. The average molecular weight is 256 g/mol. The van der Waals surface area contributed by atoms with Crippen LogP contribution in [0.3, 0.4) is 0 Å². The molecule has 0 aliphatic carbocycles. The first-order valence-corrected chi connectivity index (χ1v) is 5.89. The number of aromatic nitrogens is 4. The summed E-state index contributed by atoms with van der Waals surface area (Å²) in [5.74, 6) is 0.619. The van der Waals surface area contributed by atoms with Crippen molar-refractivity contribution in [3.05, 3.63) is 51.9 Å². The zero-order chi connectivity index (χ0) is 13.4. The second kappa shape index (κ2) is 4.31. The van der Waals surface area contributed by atoms with Crippen LogP contribution in [0.2, 0.25) is 0 Å². The normalized spacial score (nSPS) is 11.1. The lowest BCUT2D eigenvalue weighted by atomic mass is 10.2. The lowest BCUT2D eigenvalue weighted by Crippen LogP contribution is -2.24. The Balaban J connectivity index is 2.15. The van der Waals surface area contributed by atoms with Crippen LogP contribution in [-0.2, 0) is 6.54 Å². The van der Waals surface area contributed by atoms with Gasteiger partial charge in [0.05, 0.1) is 17.6 Å². The SMILES string of the molecule is Cc1nn(Cc2ccncc2)c(=O)c2noc(C)c12. The summed E-state index contributed by atoms with van der Waals surface area (Å²) in [6, 6.07) is 3.70. The van der Waals surface area contributed by atoms with E-state index in [0.717, 1.165) is 11.3 Å². The summed E-state index contributed by atoms with van der Waals surface area (Å²) in [5.41, 5.74) is 1.79. The van der Waals surface area contributed by atoms with Gasteiger partial charge in [-0.05, 0) is 31.5 Å². The van der Waals surface area contributed by atoms with Gasteiger partial charge in [0.2, 0.25) is 0 Å². The molecule has 3 aromatic heterocycles. The number of nitrogens with zero attached hydrogens (tertiary/aromatic N) is 4. The molecule has 0 amide bonds. The predicted octanol–water partition coefficient (Wildman–Crippen LogP) is 1.44. The first kappa shape index (κ1) is 11.6. The molecule has 3 rings (SSSR count). The van der Waals surface area contributed by atoms with Gasteiger partial charge in [0.1, 0.15) is 5.76 Å². The maximum Gasteiger partial charge on any atom is 0.297 e. The van der Waals surface area contributed by atoms with Gasteiger partial charge in [0.15, 0.2) is 5.52 Å². The van der Waals surface area contributed by atoms with Gasteiger partial charge in [0, 0.05) is 12.4 Å². The highest BCUT2D eigenvalue weighted by molar-refractivity contribution is 5.81. The van der Waals surface area contributed by atoms with Crippen molar-refractivity contribution in [3.63, 3.8) is 0 Å². The zero-order valence-electron chi connectivity index (χ0n) is 10.6. The Morgan fingerprint density at radius 2 is 2.00 bits per heavy atom. The average Bonchev–Trinajstić information content (AvgIpc) is 2.80. The third kappa shape index (κ3) is 1.91. The van der Waals surface area contributed by atoms with Crippen molar-refractivity contribution in [2.45, 2.75) is 20.4 Å². The fourth-order valence-corrected chi connectivity index (χ4v) is 2.11. The van der Waals surface area contributed by atoms with Crippen LogP contribution in [0.5, 0.6) is 0 Å². The van der Waals surface area contributed by atoms with Crippen LogP contribution in [0.15, 0.2) is 33.8 Å². The molecule has 0 aliphatic heterocycles. The van der Waals surface area contributed by atoms with Crippen LogP contribution >= 0.6 is 0 Å². The summed E-state index contributed by atoms with van der Waals surface area (Å²) in [4.78, 5) is 16.2. The molecule has 0 saturated carbocycles. The Morgan fingerprint density at radius 3 is 2.74 bits per heavy atom. The van der Waals surface area contributed by atoms with Crippen LogP contribution in [0.4, 0.5) is 0 Å². The molecule has 0 bridgehead atoms. The van der Waals surface area contributed by atoms with E-state index in [2.05, 4.69) is 15.2 Å². The fraction of sp³-hybridized carbons (Fsp3) is 0.231. The van der Waals surface area contributed by atoms with Crippen molar-refractivity contribution in [1.29, 1.82) is 0 Å². The molecule has 3 heterocycles. The number of pyridine rings is 1. The number of hydrogen-bond donors (Lipinski definition) is 0. The molecule has 0 aliphatic rings. The minimum atomic E-state index is -0.241. The standard InChI is InChI=1S/C13H12N4O2/c1-8-11-9(2)19-16-12(11)13(18)17(15-8)7-10-3-5-14-6-4-10/h3-6H,7H2,1-2H3. The van der Waals surface area contributed by atoms with Crippen LogP contribution in [0, 0.1) is 13.8 Å². The van der Waals surface area contributed by atoms with E-state index in [0.29, 0.717) is 23.2 Å². The Kier molecular flexibility index (Phi) is 2.63. The number of hydrogen-bond acceptors (Lipinski definition) is 5. The van der Waals surface area contributed by atoms with Gasteiger partial charge in [0.25, 0.3) is 5.56 Å². The lowest BCUT2D eigenvalue weighted by Gasteiger charge is -2.05.